The van der Waals surface area contributed by atoms with Gasteiger partial charge < -0.3 is 15.0 Å². The average Bonchev–Trinajstić information content (AvgIpc) is 3.31. The Morgan fingerprint density at radius 2 is 1.97 bits per heavy atom. The van der Waals surface area contributed by atoms with Crippen molar-refractivity contribution in [1.29, 1.82) is 0 Å². The fraction of sp³-hybridized carbons (Fsp3) is 0.346. The minimum Gasteiger partial charge on any atom is -0.462 e. The zero-order valence-electron chi connectivity index (χ0n) is 16.6. The van der Waals surface area contributed by atoms with Crippen molar-refractivity contribution in [3.05, 3.63) is 71.6 Å². The molecule has 168 valence electrons. The standard InChI is InChI=1S/C24H23N3O3.2CH4/c28-22-8-7-17-10-16(13-25-24(17)26-22)6-9-23(29)27-14-18-11-21(12-19(18)15-27)30-20-4-2-1-3-5-20;;/h1-6,9-11,13,18-19H,7-8,12,14-15H2,(H,25,26,28);2*1H4/b9-6+;;/t18-,19+;;/m1../s1. The van der Waals surface area contributed by atoms with Gasteiger partial charge in [0.1, 0.15) is 17.3 Å². The Balaban J connectivity index is 0.00000144. The highest BCUT2D eigenvalue weighted by Crippen LogP contribution is 2.37. The van der Waals surface area contributed by atoms with Gasteiger partial charge in [0.2, 0.25) is 11.8 Å². The minimum absolute atomic E-state index is 0. The number of benzene rings is 1. The molecule has 0 saturated carbocycles. The molecule has 2 atom stereocenters. The van der Waals surface area contributed by atoms with Gasteiger partial charge in [-0.15, -0.1) is 0 Å². The molecule has 3 aliphatic rings. The predicted molar refractivity (Wildman–Crippen MR) is 127 cm³/mol. The van der Waals surface area contributed by atoms with Crippen molar-refractivity contribution in [3.63, 3.8) is 0 Å². The molecule has 6 nitrogen and oxygen atoms in total. The van der Waals surface area contributed by atoms with Gasteiger partial charge in [0, 0.05) is 44.1 Å². The second kappa shape index (κ2) is 9.81. The van der Waals surface area contributed by atoms with Crippen molar-refractivity contribution >= 4 is 23.7 Å². The molecular weight excluding hydrogens is 402 g/mol. The van der Waals surface area contributed by atoms with Crippen LogP contribution >= 0.6 is 0 Å². The van der Waals surface area contributed by atoms with Crippen LogP contribution in [0.4, 0.5) is 5.82 Å². The van der Waals surface area contributed by atoms with Crippen molar-refractivity contribution in [2.45, 2.75) is 34.1 Å². The van der Waals surface area contributed by atoms with E-state index >= 15 is 0 Å². The van der Waals surface area contributed by atoms with Gasteiger partial charge in [-0.1, -0.05) is 33.1 Å². The average molecular weight is 434 g/mol. The maximum atomic E-state index is 12.7. The highest BCUT2D eigenvalue weighted by molar-refractivity contribution is 5.94. The van der Waals surface area contributed by atoms with Crippen LogP contribution in [0, 0.1) is 11.8 Å². The van der Waals surface area contributed by atoms with Gasteiger partial charge in [-0.05, 0) is 53.8 Å². The lowest BCUT2D eigenvalue weighted by molar-refractivity contribution is -0.125. The van der Waals surface area contributed by atoms with Crippen molar-refractivity contribution in [2.24, 2.45) is 11.8 Å². The van der Waals surface area contributed by atoms with Crippen LogP contribution < -0.4 is 10.1 Å². The van der Waals surface area contributed by atoms with Crippen molar-refractivity contribution in [2.75, 3.05) is 18.4 Å². The van der Waals surface area contributed by atoms with Crippen LogP contribution in [0.5, 0.6) is 5.75 Å². The largest absolute Gasteiger partial charge is 0.462 e. The number of nitrogens with zero attached hydrogens (tertiary/aromatic N) is 2. The fourth-order valence-electron chi connectivity index (χ4n) is 4.40. The molecular formula is C26H31N3O3. The molecule has 2 aromatic rings. The summed E-state index contributed by atoms with van der Waals surface area (Å²) in [4.78, 5) is 30.3. The molecule has 1 aromatic heterocycles. The molecule has 1 fully saturated rings. The van der Waals surface area contributed by atoms with Crippen molar-refractivity contribution in [1.82, 2.24) is 9.88 Å². The number of aryl methyl sites for hydroxylation is 1. The Morgan fingerprint density at radius 3 is 2.75 bits per heavy atom. The number of carbonyl (C=O) groups is 2. The number of hydrogen-bond acceptors (Lipinski definition) is 4. The van der Waals surface area contributed by atoms with Crippen LogP contribution in [0.15, 0.2) is 60.5 Å². The molecule has 0 spiro atoms. The normalized spacial score (nSPS) is 21.1. The van der Waals surface area contributed by atoms with Gasteiger partial charge in [0.05, 0.1) is 0 Å². The zero-order chi connectivity index (χ0) is 20.5. The Morgan fingerprint density at radius 1 is 1.16 bits per heavy atom. The number of para-hydroxylation sites is 1. The third-order valence-electron chi connectivity index (χ3n) is 5.94. The van der Waals surface area contributed by atoms with Crippen LogP contribution in [0.25, 0.3) is 6.08 Å². The molecule has 32 heavy (non-hydrogen) atoms. The summed E-state index contributed by atoms with van der Waals surface area (Å²) < 4.78 is 5.98. The number of anilines is 1. The number of hydrogen-bond donors (Lipinski definition) is 1. The number of rotatable bonds is 4. The van der Waals surface area contributed by atoms with E-state index in [9.17, 15) is 9.59 Å². The number of likely N-dealkylation sites (tertiary alicyclic amines) is 1. The Kier molecular flexibility index (Phi) is 7.13. The summed E-state index contributed by atoms with van der Waals surface area (Å²) in [5, 5.41) is 2.77. The molecule has 3 heterocycles. The van der Waals surface area contributed by atoms with E-state index in [1.165, 1.54) is 0 Å². The fourth-order valence-corrected chi connectivity index (χ4v) is 4.40. The van der Waals surface area contributed by atoms with Gasteiger partial charge >= 0.3 is 0 Å². The highest BCUT2D eigenvalue weighted by Gasteiger charge is 2.38. The first-order chi connectivity index (χ1) is 14.6. The Bertz CT molecular complexity index is 1050. The first-order valence-corrected chi connectivity index (χ1v) is 10.3. The molecule has 2 aliphatic heterocycles. The SMILES string of the molecule is C.C.O=C1CCc2cc(/C=C/C(=O)N3C[C@@H]4CC(Oc5ccccc5)=C[C@@H]4C3)cnc2N1. The molecule has 5 rings (SSSR count). The molecule has 1 aliphatic carbocycles. The predicted octanol–water partition coefficient (Wildman–Crippen LogP) is 4.69. The number of fused-ring (bicyclic) bond motifs is 2. The van der Waals surface area contributed by atoms with Crippen LogP contribution in [0.3, 0.4) is 0 Å². The number of carbonyl (C=O) groups excluding carboxylic acids is 2. The van der Waals surface area contributed by atoms with E-state index in [-0.39, 0.29) is 26.7 Å². The molecule has 1 N–H and O–H groups in total. The third-order valence-corrected chi connectivity index (χ3v) is 5.94. The molecule has 1 aromatic carbocycles. The topological polar surface area (TPSA) is 71.5 Å². The summed E-state index contributed by atoms with van der Waals surface area (Å²) >= 11 is 0. The minimum atomic E-state index is -0.000530. The summed E-state index contributed by atoms with van der Waals surface area (Å²) in [5.41, 5.74) is 1.88. The molecule has 0 radical (unpaired) electrons. The lowest BCUT2D eigenvalue weighted by Gasteiger charge is -2.16. The van der Waals surface area contributed by atoms with Gasteiger partial charge in [0.15, 0.2) is 0 Å². The second-order valence-corrected chi connectivity index (χ2v) is 8.08. The van der Waals surface area contributed by atoms with E-state index in [2.05, 4.69) is 16.4 Å². The van der Waals surface area contributed by atoms with Crippen LogP contribution in [0.2, 0.25) is 0 Å². The van der Waals surface area contributed by atoms with E-state index in [0.29, 0.717) is 30.5 Å². The summed E-state index contributed by atoms with van der Waals surface area (Å²) in [6.07, 6.45) is 9.31. The molecule has 1 saturated heterocycles. The van der Waals surface area contributed by atoms with E-state index in [0.717, 1.165) is 42.1 Å². The molecule has 6 heteroatoms. The quantitative estimate of drug-likeness (QED) is 0.710. The van der Waals surface area contributed by atoms with Crippen molar-refractivity contribution < 1.29 is 14.3 Å². The summed E-state index contributed by atoms with van der Waals surface area (Å²) in [6.45, 7) is 1.48. The van der Waals surface area contributed by atoms with Crippen LogP contribution in [-0.4, -0.2) is 34.8 Å². The summed E-state index contributed by atoms with van der Waals surface area (Å²) in [6, 6.07) is 11.8. The number of allylic oxidation sites excluding steroid dienone is 1. The van der Waals surface area contributed by atoms with E-state index in [4.69, 9.17) is 4.74 Å². The summed E-state index contributed by atoms with van der Waals surface area (Å²) in [5.74, 6) is 3.30. The van der Waals surface area contributed by atoms with Crippen molar-refractivity contribution in [3.8, 4) is 5.75 Å². The van der Waals surface area contributed by atoms with E-state index in [1.807, 2.05) is 41.3 Å². The number of pyridine rings is 1. The van der Waals surface area contributed by atoms with E-state index < -0.39 is 0 Å². The smallest absolute Gasteiger partial charge is 0.246 e. The Hall–Kier alpha value is -3.41. The van der Waals surface area contributed by atoms with Crippen LogP contribution in [-0.2, 0) is 16.0 Å². The maximum Gasteiger partial charge on any atom is 0.246 e. The van der Waals surface area contributed by atoms with Gasteiger partial charge in [0.25, 0.3) is 0 Å². The number of ether oxygens (including phenoxy) is 1. The van der Waals surface area contributed by atoms with Gasteiger partial charge in [-0.25, -0.2) is 4.98 Å². The van der Waals surface area contributed by atoms with Gasteiger partial charge in [-0.3, -0.25) is 9.59 Å². The molecule has 0 unspecified atom stereocenters. The number of aromatic nitrogens is 1. The second-order valence-electron chi connectivity index (χ2n) is 8.08. The highest BCUT2D eigenvalue weighted by atomic mass is 16.5. The Labute approximate surface area is 190 Å². The monoisotopic (exact) mass is 433 g/mol. The van der Waals surface area contributed by atoms with E-state index in [1.54, 1.807) is 18.3 Å². The number of amides is 2. The summed E-state index contributed by atoms with van der Waals surface area (Å²) in [7, 11) is 0. The zero-order valence-corrected chi connectivity index (χ0v) is 16.6. The van der Waals surface area contributed by atoms with Gasteiger partial charge in [-0.2, -0.15) is 0 Å². The first-order valence-electron chi connectivity index (χ1n) is 10.3. The maximum absolute atomic E-state index is 12.7. The van der Waals surface area contributed by atoms with Crippen LogP contribution in [0.1, 0.15) is 38.8 Å². The lowest BCUT2D eigenvalue weighted by Crippen LogP contribution is -2.27. The first kappa shape index (κ1) is 23.3. The molecule has 2 amide bonds. The molecule has 0 bridgehead atoms. The lowest BCUT2D eigenvalue weighted by atomic mass is 10.0. The number of nitrogens with one attached hydrogen (secondary N) is 1. The third kappa shape index (κ3) is 4.90.